The van der Waals surface area contributed by atoms with E-state index in [0.29, 0.717) is 48.8 Å². The maximum absolute atomic E-state index is 15.6. The molecule has 2 aliphatic heterocycles. The number of benzene rings is 2. The second-order valence-electron chi connectivity index (χ2n) is 13.8. The lowest BCUT2D eigenvalue weighted by atomic mass is 10.0. The third-order valence-corrected chi connectivity index (χ3v) is 10.2. The molecule has 15 heteroatoms. The van der Waals surface area contributed by atoms with Crippen LogP contribution < -0.4 is 5.32 Å². The Balaban J connectivity index is 1.01. The molecule has 0 bridgehead atoms. The van der Waals surface area contributed by atoms with E-state index in [0.717, 1.165) is 24.0 Å². The van der Waals surface area contributed by atoms with Crippen LogP contribution in [0.2, 0.25) is 5.02 Å². The lowest BCUT2D eigenvalue weighted by Crippen LogP contribution is -2.52. The fraction of sp³-hybridized carbons (Fsp3) is 0.297. The number of quaternary nitrogens is 1. The Morgan fingerprint density at radius 2 is 1.65 bits per heavy atom. The number of nitrogens with one attached hydrogen (secondary N) is 2. The number of imidazole rings is 1. The maximum Gasteiger partial charge on any atom is 0.291 e. The number of hydrogen-bond acceptors (Lipinski definition) is 6. The number of likely N-dealkylation sites (tertiary alicyclic amines) is 1. The first-order valence-corrected chi connectivity index (χ1v) is 17.3. The minimum atomic E-state index is -1.11. The van der Waals surface area contributed by atoms with Gasteiger partial charge in [-0.05, 0) is 36.4 Å². The van der Waals surface area contributed by atoms with Crippen LogP contribution >= 0.6 is 11.6 Å². The van der Waals surface area contributed by atoms with Crippen LogP contribution in [-0.2, 0) is 11.8 Å². The van der Waals surface area contributed by atoms with Gasteiger partial charge in [0.15, 0.2) is 17.5 Å². The van der Waals surface area contributed by atoms with Crippen LogP contribution in [0.15, 0.2) is 67.1 Å². The molecule has 1 atom stereocenters. The van der Waals surface area contributed by atoms with E-state index in [1.54, 1.807) is 41.4 Å². The molecule has 3 amide bonds. The number of hydrogen-bond donors (Lipinski definition) is 2. The van der Waals surface area contributed by atoms with Gasteiger partial charge in [-0.15, -0.1) is 0 Å². The predicted octanol–water partition coefficient (Wildman–Crippen LogP) is 5.10. The largest absolute Gasteiger partial charge is 0.339 e. The Labute approximate surface area is 303 Å². The van der Waals surface area contributed by atoms with Crippen LogP contribution in [0.5, 0.6) is 0 Å². The highest BCUT2D eigenvalue weighted by atomic mass is 35.5. The van der Waals surface area contributed by atoms with Crippen molar-refractivity contribution in [3.05, 3.63) is 95.2 Å². The van der Waals surface area contributed by atoms with Crippen molar-refractivity contribution in [1.82, 2.24) is 34.5 Å². The molecular formula is C37H37ClF2N9O3+. The van der Waals surface area contributed by atoms with Crippen LogP contribution in [0, 0.1) is 17.6 Å². The van der Waals surface area contributed by atoms with Gasteiger partial charge in [-0.3, -0.25) is 24.5 Å². The van der Waals surface area contributed by atoms with Gasteiger partial charge in [0.05, 0.1) is 73.2 Å². The van der Waals surface area contributed by atoms with Crippen molar-refractivity contribution in [1.29, 1.82) is 0 Å². The molecule has 52 heavy (non-hydrogen) atoms. The summed E-state index contributed by atoms with van der Waals surface area (Å²) in [5.74, 6) is -2.97. The quantitative estimate of drug-likeness (QED) is 0.225. The third-order valence-electron chi connectivity index (χ3n) is 9.88. The number of H-pyrrole nitrogens is 1. The summed E-state index contributed by atoms with van der Waals surface area (Å²) < 4.78 is 33.4. The molecule has 12 nitrogen and oxygen atoms in total. The van der Waals surface area contributed by atoms with Crippen LogP contribution in [-0.4, -0.2) is 110 Å². The SMILES string of the molecule is Cn1c(-c2ccc(-c3cn[nH]c3-c3ccccn3)c(F)c2F)cnc1C(=O)Nc1ccc(C(=O)N2CCN(C(=O)C3CC[N+](C)(C)C3)CC2)c(Cl)c1. The lowest BCUT2D eigenvalue weighted by molar-refractivity contribution is -0.878. The first kappa shape index (κ1) is 35.0. The molecule has 268 valence electrons. The van der Waals surface area contributed by atoms with Gasteiger partial charge in [0.1, 0.15) is 0 Å². The zero-order valence-electron chi connectivity index (χ0n) is 28.9. The molecule has 2 N–H and O–H groups in total. The molecular weight excluding hydrogens is 692 g/mol. The highest BCUT2D eigenvalue weighted by Crippen LogP contribution is 2.35. The summed E-state index contributed by atoms with van der Waals surface area (Å²) in [6, 6.07) is 12.7. The Bertz CT molecular complexity index is 2180. The van der Waals surface area contributed by atoms with E-state index in [1.807, 2.05) is 4.90 Å². The van der Waals surface area contributed by atoms with Crippen LogP contribution in [0.1, 0.15) is 27.4 Å². The molecule has 0 saturated carbocycles. The topological polar surface area (TPSA) is 129 Å². The second kappa shape index (κ2) is 13.9. The molecule has 7 rings (SSSR count). The van der Waals surface area contributed by atoms with Crippen molar-refractivity contribution in [2.24, 2.45) is 13.0 Å². The van der Waals surface area contributed by atoms with E-state index >= 15 is 8.78 Å². The summed E-state index contributed by atoms with van der Waals surface area (Å²) in [5, 5.41) is 9.67. The van der Waals surface area contributed by atoms with E-state index in [2.05, 4.69) is 39.6 Å². The first-order chi connectivity index (χ1) is 24.9. The Hall–Kier alpha value is -5.47. The van der Waals surface area contributed by atoms with E-state index in [1.165, 1.54) is 42.2 Å². The summed E-state index contributed by atoms with van der Waals surface area (Å²) in [5.41, 5.74) is 1.98. The predicted molar refractivity (Wildman–Crippen MR) is 191 cm³/mol. The van der Waals surface area contributed by atoms with E-state index in [-0.39, 0.29) is 51.0 Å². The minimum absolute atomic E-state index is 0.00471. The molecule has 3 aromatic heterocycles. The molecule has 5 heterocycles. The van der Waals surface area contributed by atoms with Crippen LogP contribution in [0.3, 0.4) is 0 Å². The third kappa shape index (κ3) is 6.66. The first-order valence-electron chi connectivity index (χ1n) is 16.9. The number of piperazine rings is 1. The second-order valence-corrected chi connectivity index (χ2v) is 14.2. The van der Waals surface area contributed by atoms with Crippen molar-refractivity contribution in [2.45, 2.75) is 6.42 Å². The zero-order chi connectivity index (χ0) is 36.7. The van der Waals surface area contributed by atoms with Gasteiger partial charge in [0, 0.05) is 68.2 Å². The number of amides is 3. The van der Waals surface area contributed by atoms with Gasteiger partial charge in [-0.25, -0.2) is 13.8 Å². The van der Waals surface area contributed by atoms with Crippen molar-refractivity contribution >= 4 is 35.0 Å². The fourth-order valence-corrected chi connectivity index (χ4v) is 7.28. The van der Waals surface area contributed by atoms with Crippen LogP contribution in [0.4, 0.5) is 14.5 Å². The number of carbonyl (C=O) groups excluding carboxylic acids is 3. The fourth-order valence-electron chi connectivity index (χ4n) is 7.02. The summed E-state index contributed by atoms with van der Waals surface area (Å²) in [6.45, 7) is 3.52. The smallest absolute Gasteiger partial charge is 0.291 e. The molecule has 0 radical (unpaired) electrons. The van der Waals surface area contributed by atoms with E-state index < -0.39 is 17.5 Å². The Morgan fingerprint density at radius 1 is 0.923 bits per heavy atom. The zero-order valence-corrected chi connectivity index (χ0v) is 29.6. The number of aromatic amines is 1. The summed E-state index contributed by atoms with van der Waals surface area (Å²) in [4.78, 5) is 51.7. The standard InChI is InChI=1S/C37H36ClF2N9O3/c1-46-30(26-10-9-24(31(39)32(26)40)27-19-43-45-33(27)29-6-4-5-12-41-29)20-42-34(46)35(50)44-23-7-8-25(28(38)18-23)37(52)48-15-13-47(14-16-48)36(51)22-11-17-49(2,3)21-22/h4-10,12,18-20,22H,11,13-17,21H2,1-3H3,(H-,41,43,44,45,50,52)/p+1. The number of carbonyl (C=O) groups is 3. The summed E-state index contributed by atoms with van der Waals surface area (Å²) in [6.07, 6.45) is 5.16. The van der Waals surface area contributed by atoms with E-state index in [9.17, 15) is 14.4 Å². The number of anilines is 1. The summed E-state index contributed by atoms with van der Waals surface area (Å²) >= 11 is 6.53. The number of pyridine rings is 1. The van der Waals surface area contributed by atoms with Crippen molar-refractivity contribution in [3.8, 4) is 33.8 Å². The van der Waals surface area contributed by atoms with Crippen LogP contribution in [0.25, 0.3) is 33.8 Å². The van der Waals surface area contributed by atoms with Gasteiger partial charge < -0.3 is 24.2 Å². The van der Waals surface area contributed by atoms with Crippen molar-refractivity contribution in [2.75, 3.05) is 58.7 Å². The number of nitrogens with zero attached hydrogens (tertiary/aromatic N) is 7. The Kier molecular flexibility index (Phi) is 9.36. The average molecular weight is 729 g/mol. The van der Waals surface area contributed by atoms with Gasteiger partial charge in [-0.2, -0.15) is 5.10 Å². The highest BCUT2D eigenvalue weighted by molar-refractivity contribution is 6.34. The molecule has 1 unspecified atom stereocenters. The molecule has 2 aromatic carbocycles. The van der Waals surface area contributed by atoms with Crippen molar-refractivity contribution < 1.29 is 27.6 Å². The normalized spacial score (nSPS) is 17.0. The number of halogens is 3. The van der Waals surface area contributed by atoms with Crippen molar-refractivity contribution in [3.63, 3.8) is 0 Å². The monoisotopic (exact) mass is 728 g/mol. The molecule has 0 aliphatic carbocycles. The average Bonchev–Trinajstić information content (AvgIpc) is 3.87. The summed E-state index contributed by atoms with van der Waals surface area (Å²) in [7, 11) is 5.79. The van der Waals surface area contributed by atoms with Gasteiger partial charge in [0.2, 0.25) is 5.91 Å². The number of aromatic nitrogens is 5. The maximum atomic E-state index is 15.6. The van der Waals surface area contributed by atoms with Gasteiger partial charge in [-0.1, -0.05) is 23.7 Å². The Morgan fingerprint density at radius 3 is 2.35 bits per heavy atom. The minimum Gasteiger partial charge on any atom is -0.339 e. The molecule has 2 aliphatic rings. The van der Waals surface area contributed by atoms with Gasteiger partial charge >= 0.3 is 0 Å². The van der Waals surface area contributed by atoms with Gasteiger partial charge in [0.25, 0.3) is 11.8 Å². The highest BCUT2D eigenvalue weighted by Gasteiger charge is 2.38. The number of rotatable bonds is 7. The van der Waals surface area contributed by atoms with E-state index in [4.69, 9.17) is 11.6 Å². The molecule has 0 spiro atoms. The molecule has 2 saturated heterocycles. The lowest BCUT2D eigenvalue weighted by Gasteiger charge is -2.36. The molecule has 2 fully saturated rings. The molecule has 5 aromatic rings.